The monoisotopic (exact) mass is 206 g/mol. The summed E-state index contributed by atoms with van der Waals surface area (Å²) in [5.41, 5.74) is 3.48. The Labute approximate surface area is 92.9 Å². The van der Waals surface area contributed by atoms with E-state index in [1.54, 1.807) is 12.5 Å². The van der Waals surface area contributed by atoms with Gasteiger partial charge < -0.3 is 0 Å². The predicted octanol–water partition coefficient (Wildman–Crippen LogP) is 3.74. The number of allylic oxidation sites excluding steroid dienone is 2. The molecule has 0 spiro atoms. The zero-order valence-electron chi connectivity index (χ0n) is 10.4. The Morgan fingerprint density at radius 3 is 2.60 bits per heavy atom. The Kier molecular flexibility index (Phi) is 2.52. The summed E-state index contributed by atoms with van der Waals surface area (Å²) >= 11 is 0. The molecule has 0 saturated heterocycles. The molecule has 0 heterocycles. The highest BCUT2D eigenvalue weighted by Gasteiger charge is 2.41. The molecule has 0 fully saturated rings. The molecule has 15 heavy (non-hydrogen) atoms. The van der Waals surface area contributed by atoms with Crippen LogP contribution in [-0.4, -0.2) is 5.78 Å². The van der Waals surface area contributed by atoms with Gasteiger partial charge in [0.05, 0.1) is 0 Å². The van der Waals surface area contributed by atoms with Gasteiger partial charge in [-0.15, -0.1) is 0 Å². The predicted molar refractivity (Wildman–Crippen MR) is 62.6 cm³/mol. The summed E-state index contributed by atoms with van der Waals surface area (Å²) in [4.78, 5) is 11.6. The lowest BCUT2D eigenvalue weighted by molar-refractivity contribution is -0.120. The number of hydrogen-bond donors (Lipinski definition) is 0. The van der Waals surface area contributed by atoms with Crippen LogP contribution in [0.5, 0.6) is 0 Å². The Hall–Kier alpha value is -0.590. The normalized spacial score (nSPS) is 34.1. The van der Waals surface area contributed by atoms with Gasteiger partial charge in [-0.05, 0) is 43.9 Å². The molecule has 2 unspecified atom stereocenters. The minimum absolute atomic E-state index is 0.262. The van der Waals surface area contributed by atoms with Crippen LogP contribution >= 0.6 is 0 Å². The molecule has 0 aromatic heterocycles. The summed E-state index contributed by atoms with van der Waals surface area (Å²) in [7, 11) is 0. The number of carbonyl (C=O) groups is 1. The van der Waals surface area contributed by atoms with Crippen molar-refractivity contribution >= 4 is 5.78 Å². The van der Waals surface area contributed by atoms with Gasteiger partial charge in [-0.1, -0.05) is 31.9 Å². The maximum atomic E-state index is 11.6. The second kappa shape index (κ2) is 3.47. The van der Waals surface area contributed by atoms with Crippen molar-refractivity contribution in [3.63, 3.8) is 0 Å². The molecule has 0 aliphatic heterocycles. The van der Waals surface area contributed by atoms with Crippen LogP contribution in [0.1, 0.15) is 53.4 Å². The van der Waals surface area contributed by atoms with E-state index in [4.69, 9.17) is 0 Å². The van der Waals surface area contributed by atoms with Crippen LogP contribution in [0.25, 0.3) is 0 Å². The molecule has 2 atom stereocenters. The van der Waals surface area contributed by atoms with Crippen molar-refractivity contribution in [2.24, 2.45) is 17.3 Å². The number of hydrogen-bond acceptors (Lipinski definition) is 1. The molecule has 1 heteroatoms. The number of carbonyl (C=O) groups excluding carboxylic acids is 1. The lowest BCUT2D eigenvalue weighted by Crippen LogP contribution is -2.25. The summed E-state index contributed by atoms with van der Waals surface area (Å²) in [6, 6.07) is 0. The van der Waals surface area contributed by atoms with E-state index in [1.807, 2.05) is 0 Å². The summed E-state index contributed by atoms with van der Waals surface area (Å²) in [6.45, 7) is 8.78. The van der Waals surface area contributed by atoms with Crippen molar-refractivity contribution in [2.45, 2.75) is 53.4 Å². The molecule has 1 nitrogen and oxygen atoms in total. The van der Waals surface area contributed by atoms with Gasteiger partial charge in [-0.25, -0.2) is 0 Å². The van der Waals surface area contributed by atoms with Crippen LogP contribution in [0.15, 0.2) is 11.1 Å². The molecular weight excluding hydrogens is 184 g/mol. The molecule has 0 saturated carbocycles. The summed E-state index contributed by atoms with van der Waals surface area (Å²) in [5, 5.41) is 0. The first kappa shape index (κ1) is 10.9. The molecule has 2 aliphatic rings. The lowest BCUT2D eigenvalue weighted by Gasteiger charge is -2.33. The second-order valence-electron chi connectivity index (χ2n) is 5.96. The summed E-state index contributed by atoms with van der Waals surface area (Å²) < 4.78 is 0. The van der Waals surface area contributed by atoms with Gasteiger partial charge in [-0.2, -0.15) is 0 Å². The number of rotatable bonds is 1. The topological polar surface area (TPSA) is 17.1 Å². The van der Waals surface area contributed by atoms with E-state index in [0.29, 0.717) is 17.1 Å². The van der Waals surface area contributed by atoms with Crippen molar-refractivity contribution in [1.82, 2.24) is 0 Å². The Morgan fingerprint density at radius 1 is 1.33 bits per heavy atom. The van der Waals surface area contributed by atoms with Crippen molar-refractivity contribution in [1.29, 1.82) is 0 Å². The first-order chi connectivity index (χ1) is 6.93. The third-order valence-corrected chi connectivity index (χ3v) is 4.39. The van der Waals surface area contributed by atoms with Gasteiger partial charge in [0, 0.05) is 5.92 Å². The lowest BCUT2D eigenvalue weighted by atomic mass is 9.71. The second-order valence-corrected chi connectivity index (χ2v) is 5.96. The third kappa shape index (κ3) is 1.66. The average Bonchev–Trinajstić information content (AvgIpc) is 2.43. The molecule has 0 bridgehead atoms. The smallest absolute Gasteiger partial charge is 0.136 e. The number of Topliss-reactive ketones (excluding diaryl/α,β-unsaturated/α-hetero) is 1. The Balaban J connectivity index is 2.42. The Morgan fingerprint density at radius 2 is 2.00 bits per heavy atom. The minimum Gasteiger partial charge on any atom is -0.299 e. The van der Waals surface area contributed by atoms with E-state index in [0.717, 1.165) is 12.8 Å². The van der Waals surface area contributed by atoms with Crippen molar-refractivity contribution < 1.29 is 4.79 Å². The molecule has 84 valence electrons. The standard InChI is InChI=1S/C14H22O/c1-9-5-6-11(10(2)15)12-7-8-14(3,4)13(9)12/h9,11H,5-8H2,1-4H3. The maximum Gasteiger partial charge on any atom is 0.136 e. The first-order valence-corrected chi connectivity index (χ1v) is 6.17. The summed E-state index contributed by atoms with van der Waals surface area (Å²) in [6.07, 6.45) is 4.70. The molecule has 0 amide bonds. The van der Waals surface area contributed by atoms with Gasteiger partial charge in [0.1, 0.15) is 5.78 Å². The fourth-order valence-corrected chi connectivity index (χ4v) is 3.68. The quantitative estimate of drug-likeness (QED) is 0.597. The molecule has 2 rings (SSSR count). The zero-order valence-corrected chi connectivity index (χ0v) is 10.4. The van der Waals surface area contributed by atoms with Crippen LogP contribution in [0, 0.1) is 17.3 Å². The van der Waals surface area contributed by atoms with Crippen LogP contribution < -0.4 is 0 Å². The Bertz CT molecular complexity index is 322. The molecular formula is C14H22O. The van der Waals surface area contributed by atoms with E-state index >= 15 is 0 Å². The van der Waals surface area contributed by atoms with Crippen LogP contribution in [0.2, 0.25) is 0 Å². The fraction of sp³-hybridized carbons (Fsp3) is 0.786. The van der Waals surface area contributed by atoms with Crippen molar-refractivity contribution in [3.8, 4) is 0 Å². The van der Waals surface area contributed by atoms with Gasteiger partial charge >= 0.3 is 0 Å². The van der Waals surface area contributed by atoms with E-state index in [1.165, 1.54) is 18.4 Å². The van der Waals surface area contributed by atoms with E-state index in [2.05, 4.69) is 20.8 Å². The summed E-state index contributed by atoms with van der Waals surface area (Å²) in [5.74, 6) is 1.35. The van der Waals surface area contributed by atoms with Gasteiger partial charge in [-0.3, -0.25) is 4.79 Å². The average molecular weight is 206 g/mol. The SMILES string of the molecule is CC(=O)C1CCC(C)C2=C1CCC2(C)C. The zero-order chi connectivity index (χ0) is 11.2. The minimum atomic E-state index is 0.262. The molecule has 0 radical (unpaired) electrons. The highest BCUT2D eigenvalue weighted by atomic mass is 16.1. The maximum absolute atomic E-state index is 11.6. The highest BCUT2D eigenvalue weighted by molar-refractivity contribution is 5.82. The van der Waals surface area contributed by atoms with Crippen molar-refractivity contribution in [3.05, 3.63) is 11.1 Å². The highest BCUT2D eigenvalue weighted by Crippen LogP contribution is 2.52. The number of ketones is 1. The van der Waals surface area contributed by atoms with E-state index < -0.39 is 0 Å². The third-order valence-electron chi connectivity index (χ3n) is 4.39. The van der Waals surface area contributed by atoms with Gasteiger partial charge in [0.25, 0.3) is 0 Å². The molecule has 0 aromatic carbocycles. The molecule has 0 N–H and O–H groups in total. The van der Waals surface area contributed by atoms with Gasteiger partial charge in [0.15, 0.2) is 0 Å². The van der Waals surface area contributed by atoms with Crippen LogP contribution in [-0.2, 0) is 4.79 Å². The fourth-order valence-electron chi connectivity index (χ4n) is 3.68. The largest absolute Gasteiger partial charge is 0.299 e. The molecule has 0 aromatic rings. The van der Waals surface area contributed by atoms with Crippen molar-refractivity contribution in [2.75, 3.05) is 0 Å². The molecule has 2 aliphatic carbocycles. The first-order valence-electron chi connectivity index (χ1n) is 6.17. The van der Waals surface area contributed by atoms with E-state index in [9.17, 15) is 4.79 Å². The van der Waals surface area contributed by atoms with E-state index in [-0.39, 0.29) is 5.92 Å². The van der Waals surface area contributed by atoms with Crippen LogP contribution in [0.4, 0.5) is 0 Å². The van der Waals surface area contributed by atoms with Crippen LogP contribution in [0.3, 0.4) is 0 Å². The van der Waals surface area contributed by atoms with Gasteiger partial charge in [0.2, 0.25) is 0 Å².